The Morgan fingerprint density at radius 3 is 1.11 bits per heavy atom. The molecule has 28 nitrogen and oxygen atoms in total. The van der Waals surface area contributed by atoms with Crippen LogP contribution in [0, 0.1) is 0 Å². The van der Waals surface area contributed by atoms with Gasteiger partial charge in [-0.3, -0.25) is 38.8 Å². The monoisotopic (exact) mass is 1690 g/mol. The number of fused-ring (bicyclic) bond motifs is 4. The fourth-order valence-electron chi connectivity index (χ4n) is 16.5. The number of halogens is 2. The van der Waals surface area contributed by atoms with Crippen LogP contribution < -0.4 is 62.1 Å². The van der Waals surface area contributed by atoms with Crippen molar-refractivity contribution in [2.45, 2.75) is 202 Å². The average molecular weight is 1690 g/mol. The number of ketones is 4. The van der Waals surface area contributed by atoms with E-state index in [4.69, 9.17) is 65.3 Å². The molecule has 0 amide bonds. The Kier molecular flexibility index (Phi) is 32.0. The van der Waals surface area contributed by atoms with Crippen molar-refractivity contribution >= 4 is 98.8 Å². The van der Waals surface area contributed by atoms with Crippen molar-refractivity contribution in [1.29, 1.82) is 0 Å². The van der Waals surface area contributed by atoms with Crippen LogP contribution in [0.15, 0.2) is 84.9 Å². The zero-order chi connectivity index (χ0) is 84.7. The highest BCUT2D eigenvalue weighted by Gasteiger charge is 2.33. The SMILES string of the molecule is CCCCNc1nc(N)c2c(n1)N(Cc1ccc(CN3CCCC3)cc1)CC(=O)C2.CCCCOc1nc(N)c2c(n1)N(Cc1cc(Cl)cc(CN3CCCC3)c1)CC(=O)C2.CCCCOc1nc(N)c2c(n1)N(Cc1ccc(Cl)c(CN3CCCC3)c1)CC(=O)C2.CCCCOc1nc(N)c2c(n1)N(Cc1cccc(CN3CCC3)c1)CC(=O)C2. The number of carbonyl (C=O) groups is 4. The molecule has 0 saturated carbocycles. The van der Waals surface area contributed by atoms with Gasteiger partial charge in [-0.05, 0) is 186 Å². The maximum Gasteiger partial charge on any atom is 0.320 e. The summed E-state index contributed by atoms with van der Waals surface area (Å²) in [4.78, 5) is 103. The molecule has 16 rings (SSSR count). The third-order valence-electron chi connectivity index (χ3n) is 23.0. The number of carbonyl (C=O) groups excluding carboxylic acids is 4. The van der Waals surface area contributed by atoms with Gasteiger partial charge in [0.15, 0.2) is 23.1 Å². The van der Waals surface area contributed by atoms with Gasteiger partial charge in [-0.15, -0.1) is 0 Å². The summed E-state index contributed by atoms with van der Waals surface area (Å²) < 4.78 is 17.1. The van der Waals surface area contributed by atoms with Crippen LogP contribution in [0.4, 0.5) is 52.5 Å². The van der Waals surface area contributed by atoms with Crippen LogP contribution in [0.5, 0.6) is 18.0 Å². The quantitative estimate of drug-likeness (QED) is 0.0245. The summed E-state index contributed by atoms with van der Waals surface area (Å²) in [5.41, 5.74) is 36.9. The number of hydrogen-bond donors (Lipinski definition) is 5. The normalized spacial score (nSPS) is 16.6. The molecule has 4 aromatic carbocycles. The first-order chi connectivity index (χ1) is 58.8. The third kappa shape index (κ3) is 25.1. The number of nitrogens with one attached hydrogen (secondary N) is 1. The van der Waals surface area contributed by atoms with Gasteiger partial charge in [0.05, 0.1) is 46.0 Å². The fourth-order valence-corrected chi connectivity index (χ4v) is 16.9. The number of ether oxygens (including phenoxy) is 3. The van der Waals surface area contributed by atoms with E-state index in [2.05, 4.69) is 148 Å². The molecule has 0 unspecified atom stereocenters. The van der Waals surface area contributed by atoms with Crippen molar-refractivity contribution in [2.24, 2.45) is 0 Å². The summed E-state index contributed by atoms with van der Waals surface area (Å²) >= 11 is 12.9. The third-order valence-corrected chi connectivity index (χ3v) is 23.6. The fraction of sp³-hybridized carbons (Fsp3) is 0.516. The molecule has 4 fully saturated rings. The topological polar surface area (TPSA) is 341 Å². The highest BCUT2D eigenvalue weighted by atomic mass is 35.5. The summed E-state index contributed by atoms with van der Waals surface area (Å²) in [5, 5.41) is 4.75. The van der Waals surface area contributed by atoms with E-state index >= 15 is 0 Å². The molecule has 8 aliphatic rings. The number of likely N-dealkylation sites (tertiary alicyclic amines) is 4. The van der Waals surface area contributed by atoms with E-state index in [1.807, 2.05) is 43.9 Å². The Hall–Kier alpha value is -10.1. The first-order valence-electron chi connectivity index (χ1n) is 43.7. The standard InChI is InChI=1S/2C23H30ClN5O2.C23H32N6O.C22H29N5O2/c1-2-3-10-31-23-26-21(25)19-12-18(30)15-29(22(19)27-23)13-16-6-7-20(24)17(11-16)14-28-8-4-5-9-28;1-2-3-8-31-23-26-21(25)20-12-19(30)15-29(22(20)27-23)14-17-9-16(10-18(24)11-17)13-28-6-4-5-7-28;1-2-3-10-25-23-26-21(24)20-13-19(30)16-29(22(20)27-23)15-18-8-6-17(7-9-18)14-28-11-4-5-12-28;1-2-3-10-29-22-24-20(23)19-12-18(28)15-27(21(19)25-22)14-17-7-4-6-16(11-17)13-26-8-5-9-26/h6-7,11H,2-5,8-10,12-15H2,1H3,(H2,25,26,27);9-11H,2-8,12-15H2,1H3,(H2,25,26,27);6-9H,2-5,10-16H2,1H3,(H3,24,25,26,27);4,6-7,11H,2-3,5,8-10,12-15H2,1H3,(H2,23,24,25). The van der Waals surface area contributed by atoms with Gasteiger partial charge in [0.1, 0.15) is 46.5 Å². The van der Waals surface area contributed by atoms with E-state index in [1.54, 1.807) is 0 Å². The Balaban J connectivity index is 0.000000139. The minimum Gasteiger partial charge on any atom is -0.463 e. The second kappa shape index (κ2) is 43.6. The van der Waals surface area contributed by atoms with Crippen molar-refractivity contribution in [3.05, 3.63) is 162 Å². The number of nitrogen functional groups attached to an aromatic ring is 4. The second-order valence-corrected chi connectivity index (χ2v) is 33.9. The number of hydrogen-bond acceptors (Lipinski definition) is 28. The predicted octanol–water partition coefficient (Wildman–Crippen LogP) is 12.8. The van der Waals surface area contributed by atoms with E-state index in [0.717, 1.165) is 155 Å². The number of rotatable bonds is 32. The van der Waals surface area contributed by atoms with Crippen LogP contribution in [-0.2, 0) is 97.2 Å². The maximum atomic E-state index is 12.4. The molecule has 4 aromatic heterocycles. The predicted molar refractivity (Wildman–Crippen MR) is 479 cm³/mol. The highest BCUT2D eigenvalue weighted by Crippen LogP contribution is 2.37. The number of unbranched alkanes of at least 4 members (excludes halogenated alkanes) is 4. The van der Waals surface area contributed by atoms with Crippen LogP contribution in [0.1, 0.15) is 191 Å². The van der Waals surface area contributed by atoms with E-state index in [9.17, 15) is 19.2 Å². The van der Waals surface area contributed by atoms with Crippen LogP contribution in [0.25, 0.3) is 0 Å². The van der Waals surface area contributed by atoms with Gasteiger partial charge in [0.25, 0.3) is 0 Å². The molecule has 8 aromatic rings. The van der Waals surface area contributed by atoms with Gasteiger partial charge in [-0.1, -0.05) is 143 Å². The second-order valence-electron chi connectivity index (χ2n) is 33.1. The summed E-state index contributed by atoms with van der Waals surface area (Å²) in [7, 11) is 0. The molecule has 121 heavy (non-hydrogen) atoms. The zero-order valence-electron chi connectivity index (χ0n) is 71.1. The lowest BCUT2D eigenvalue weighted by molar-refractivity contribution is -0.118. The van der Waals surface area contributed by atoms with Gasteiger partial charge >= 0.3 is 18.0 Å². The van der Waals surface area contributed by atoms with Crippen molar-refractivity contribution in [3.63, 3.8) is 0 Å². The minimum absolute atomic E-state index is 0.0989. The minimum atomic E-state index is 0.0989. The molecular weight excluding hydrogens is 1570 g/mol. The number of nitrogens with two attached hydrogens (primary N) is 4. The molecule has 0 radical (unpaired) electrons. The van der Waals surface area contributed by atoms with Gasteiger partial charge in [0.2, 0.25) is 5.95 Å². The van der Waals surface area contributed by atoms with Gasteiger partial charge in [-0.2, -0.15) is 39.9 Å². The van der Waals surface area contributed by atoms with Crippen LogP contribution >= 0.6 is 23.2 Å². The lowest BCUT2D eigenvalue weighted by Crippen LogP contribution is -2.37. The van der Waals surface area contributed by atoms with Crippen LogP contribution in [0.3, 0.4) is 0 Å². The zero-order valence-corrected chi connectivity index (χ0v) is 72.6. The van der Waals surface area contributed by atoms with Gasteiger partial charge < -0.3 is 62.1 Å². The molecule has 0 bridgehead atoms. The molecule has 0 aliphatic carbocycles. The van der Waals surface area contributed by atoms with Gasteiger partial charge in [0, 0.05) is 117 Å². The van der Waals surface area contributed by atoms with Crippen molar-refractivity contribution in [1.82, 2.24) is 59.5 Å². The van der Waals surface area contributed by atoms with Crippen LogP contribution in [0.2, 0.25) is 10.0 Å². The van der Waals surface area contributed by atoms with Crippen molar-refractivity contribution in [2.75, 3.05) is 153 Å². The first kappa shape index (κ1) is 88.7. The summed E-state index contributed by atoms with van der Waals surface area (Å²) in [6.45, 7) is 27.5. The van der Waals surface area contributed by atoms with Crippen molar-refractivity contribution in [3.8, 4) is 18.0 Å². The Morgan fingerprint density at radius 2 is 0.686 bits per heavy atom. The summed E-state index contributed by atoms with van der Waals surface area (Å²) in [6, 6.07) is 30.4. The molecular formula is C91H121Cl2N21O7. The van der Waals surface area contributed by atoms with Crippen LogP contribution in [-0.4, -0.2) is 188 Å². The van der Waals surface area contributed by atoms with E-state index < -0.39 is 0 Å². The molecule has 30 heteroatoms. The molecule has 0 atom stereocenters. The number of nitrogens with zero attached hydrogens (tertiary/aromatic N) is 16. The van der Waals surface area contributed by atoms with E-state index in [-0.39, 0.29) is 61.0 Å². The summed E-state index contributed by atoms with van der Waals surface area (Å²) in [6.07, 6.45) is 18.0. The largest absolute Gasteiger partial charge is 0.463 e. The molecule has 9 N–H and O–H groups in total. The number of aromatic nitrogens is 8. The first-order valence-corrected chi connectivity index (χ1v) is 44.5. The number of Topliss-reactive ketones (excluding diaryl/α,β-unsaturated/α-hetero) is 4. The number of anilines is 9. The van der Waals surface area contributed by atoms with E-state index in [0.29, 0.717) is 141 Å². The lowest BCUT2D eigenvalue weighted by atomic mass is 10.0. The van der Waals surface area contributed by atoms with Crippen molar-refractivity contribution < 1.29 is 33.4 Å². The average Bonchev–Trinajstić information content (AvgIpc) is 1.17. The Bertz CT molecular complexity index is 4850. The van der Waals surface area contributed by atoms with E-state index in [1.165, 1.54) is 93.4 Å². The summed E-state index contributed by atoms with van der Waals surface area (Å²) in [5.74, 6) is 5.27. The molecule has 646 valence electrons. The number of benzene rings is 4. The Labute approximate surface area is 722 Å². The van der Waals surface area contributed by atoms with Gasteiger partial charge in [-0.25, -0.2) is 0 Å². The smallest absolute Gasteiger partial charge is 0.320 e. The maximum absolute atomic E-state index is 12.4. The Morgan fingerprint density at radius 1 is 0.355 bits per heavy atom. The molecule has 0 spiro atoms. The molecule has 12 heterocycles. The molecule has 8 aliphatic heterocycles. The lowest BCUT2D eigenvalue weighted by Gasteiger charge is -2.31. The molecule has 4 saturated heterocycles. The highest BCUT2D eigenvalue weighted by molar-refractivity contribution is 6.31.